The van der Waals surface area contributed by atoms with E-state index in [1.54, 1.807) is 32.9 Å². The molecule has 0 aliphatic heterocycles. The van der Waals surface area contributed by atoms with Gasteiger partial charge in [-0.05, 0) is 96.6 Å². The Kier molecular flexibility index (Phi) is 10.6. The Morgan fingerprint density at radius 2 is 1.81 bits per heavy atom. The van der Waals surface area contributed by atoms with Crippen LogP contribution in [0.4, 0.5) is 9.18 Å². The predicted molar refractivity (Wildman–Crippen MR) is 144 cm³/mol. The summed E-state index contributed by atoms with van der Waals surface area (Å²) < 4.78 is 60.3. The molecule has 1 aliphatic carbocycles. The molecule has 0 aromatic heterocycles. The third-order valence-electron chi connectivity index (χ3n) is 6.02. The molecular formula is C26H44FNO7SSi. The van der Waals surface area contributed by atoms with Crippen LogP contribution >= 0.6 is 0 Å². The van der Waals surface area contributed by atoms with Gasteiger partial charge in [0, 0.05) is 6.61 Å². The number of halogens is 1. The molecule has 1 aliphatic rings. The molecule has 1 aromatic rings. The lowest BCUT2D eigenvalue weighted by atomic mass is 9.90. The highest BCUT2D eigenvalue weighted by Gasteiger charge is 2.44. The monoisotopic (exact) mass is 561 g/mol. The highest BCUT2D eigenvalue weighted by atomic mass is 32.2. The zero-order valence-corrected chi connectivity index (χ0v) is 25.1. The minimum Gasteiger partial charge on any atom is -0.487 e. The number of carbonyl (C=O) groups excluding carboxylic acids is 1. The van der Waals surface area contributed by atoms with Crippen LogP contribution in [0.1, 0.15) is 71.8 Å². The van der Waals surface area contributed by atoms with Crippen LogP contribution in [0.15, 0.2) is 18.2 Å². The van der Waals surface area contributed by atoms with Crippen LogP contribution in [0.25, 0.3) is 0 Å². The second kappa shape index (κ2) is 12.4. The molecule has 11 heteroatoms. The van der Waals surface area contributed by atoms with Gasteiger partial charge in [-0.1, -0.05) is 13.0 Å². The van der Waals surface area contributed by atoms with E-state index in [1.807, 2.05) is 26.6 Å². The summed E-state index contributed by atoms with van der Waals surface area (Å²) in [5.74, 6) is -0.851. The van der Waals surface area contributed by atoms with Crippen molar-refractivity contribution in [3.8, 4) is 5.75 Å². The number of nitrogens with zero attached hydrogens (tertiary/aromatic N) is 1. The summed E-state index contributed by atoms with van der Waals surface area (Å²) in [6, 6.07) is 4.44. The Morgan fingerprint density at radius 1 is 1.19 bits per heavy atom. The molecule has 1 fully saturated rings. The molecule has 1 N–H and O–H groups in total. The number of carbonyl (C=O) groups is 1. The van der Waals surface area contributed by atoms with Gasteiger partial charge in [-0.2, -0.15) is 0 Å². The van der Waals surface area contributed by atoms with Crippen molar-refractivity contribution in [3.63, 3.8) is 0 Å². The van der Waals surface area contributed by atoms with Crippen LogP contribution < -0.4 is 4.74 Å². The maximum atomic E-state index is 14.8. The number of aliphatic hydroxyl groups excluding tert-OH is 1. The van der Waals surface area contributed by atoms with Crippen molar-refractivity contribution < 1.29 is 36.6 Å². The largest absolute Gasteiger partial charge is 0.487 e. The molecule has 0 spiro atoms. The average molecular weight is 562 g/mol. The first kappa shape index (κ1) is 31.5. The Hall–Kier alpha value is -1.69. The van der Waals surface area contributed by atoms with Gasteiger partial charge in [0.1, 0.15) is 11.2 Å². The number of amides is 1. The fraction of sp³-hybridized carbons (Fsp3) is 0.731. The van der Waals surface area contributed by atoms with E-state index in [0.29, 0.717) is 16.3 Å². The molecule has 0 bridgehead atoms. The number of rotatable bonds is 12. The Balaban J connectivity index is 2.61. The first-order valence-corrected chi connectivity index (χ1v) is 18.0. The molecule has 1 saturated carbocycles. The summed E-state index contributed by atoms with van der Waals surface area (Å²) in [4.78, 5) is 13.2. The quantitative estimate of drug-likeness (QED) is 0.334. The van der Waals surface area contributed by atoms with E-state index in [-0.39, 0.29) is 31.4 Å². The van der Waals surface area contributed by atoms with E-state index in [1.165, 1.54) is 6.07 Å². The maximum absolute atomic E-state index is 14.8. The molecule has 1 amide bonds. The van der Waals surface area contributed by atoms with E-state index in [4.69, 9.17) is 13.9 Å². The number of ether oxygens (including phenoxy) is 2. The van der Waals surface area contributed by atoms with Crippen LogP contribution in [0.2, 0.25) is 19.6 Å². The number of benzene rings is 1. The van der Waals surface area contributed by atoms with E-state index in [0.717, 1.165) is 25.7 Å². The summed E-state index contributed by atoms with van der Waals surface area (Å²) in [5, 5.41) is 9.25. The van der Waals surface area contributed by atoms with Crippen LogP contribution in [-0.4, -0.2) is 62.8 Å². The van der Waals surface area contributed by atoms with Crippen LogP contribution in [0, 0.1) is 5.82 Å². The predicted octanol–water partition coefficient (Wildman–Crippen LogP) is 5.55. The van der Waals surface area contributed by atoms with Gasteiger partial charge in [-0.3, -0.25) is 0 Å². The van der Waals surface area contributed by atoms with Gasteiger partial charge in [0.05, 0.1) is 18.4 Å². The third kappa shape index (κ3) is 9.22. The fourth-order valence-electron chi connectivity index (χ4n) is 4.40. The van der Waals surface area contributed by atoms with Crippen molar-refractivity contribution in [1.82, 2.24) is 4.31 Å². The zero-order chi connectivity index (χ0) is 28.1. The molecule has 0 radical (unpaired) electrons. The summed E-state index contributed by atoms with van der Waals surface area (Å²) >= 11 is 0. The summed E-state index contributed by atoms with van der Waals surface area (Å²) in [7, 11) is -6.52. The molecule has 0 saturated heterocycles. The normalized spacial score (nSPS) is 16.9. The lowest BCUT2D eigenvalue weighted by Crippen LogP contribution is -2.52. The molecule has 1 aromatic carbocycles. The smallest absolute Gasteiger partial charge is 0.424 e. The number of hydrogen-bond acceptors (Lipinski definition) is 7. The minimum absolute atomic E-state index is 0.0362. The summed E-state index contributed by atoms with van der Waals surface area (Å²) in [6.45, 7) is 12.0. The molecule has 1 unspecified atom stereocenters. The number of hydrogen-bond donors (Lipinski definition) is 1. The first-order valence-electron chi connectivity index (χ1n) is 13.0. The van der Waals surface area contributed by atoms with Gasteiger partial charge in [-0.25, -0.2) is 21.9 Å². The van der Waals surface area contributed by atoms with E-state index < -0.39 is 47.2 Å². The van der Waals surface area contributed by atoms with Gasteiger partial charge in [0.2, 0.25) is 10.0 Å². The SMILES string of the molecule is CCC(CN(C(=O)OC(C)(C)C)S(=O)(=O)CCCO)(O[Si](C)(C)C)c1ccc(F)c(OC2CCCC2)c1. The van der Waals surface area contributed by atoms with Crippen molar-refractivity contribution >= 4 is 24.4 Å². The van der Waals surface area contributed by atoms with Crippen LogP contribution in [0.3, 0.4) is 0 Å². The lowest BCUT2D eigenvalue weighted by Gasteiger charge is -2.42. The summed E-state index contributed by atoms with van der Waals surface area (Å²) in [6.07, 6.45) is 2.93. The Bertz CT molecular complexity index is 1020. The number of aliphatic hydroxyl groups is 1. The molecule has 212 valence electrons. The van der Waals surface area contributed by atoms with Gasteiger partial charge in [0.25, 0.3) is 0 Å². The molecule has 1 atom stereocenters. The van der Waals surface area contributed by atoms with Gasteiger partial charge >= 0.3 is 6.09 Å². The molecule has 2 rings (SSSR count). The van der Waals surface area contributed by atoms with Crippen molar-refractivity contribution in [1.29, 1.82) is 0 Å². The van der Waals surface area contributed by atoms with E-state index in [9.17, 15) is 22.7 Å². The minimum atomic E-state index is -4.17. The van der Waals surface area contributed by atoms with Gasteiger partial charge < -0.3 is 19.0 Å². The van der Waals surface area contributed by atoms with Crippen LogP contribution in [0.5, 0.6) is 5.75 Å². The maximum Gasteiger partial charge on any atom is 0.424 e. The first-order chi connectivity index (χ1) is 17.0. The second-order valence-electron chi connectivity index (χ2n) is 11.6. The second-order valence-corrected chi connectivity index (χ2v) is 18.1. The average Bonchev–Trinajstić information content (AvgIpc) is 3.27. The summed E-state index contributed by atoms with van der Waals surface area (Å²) in [5.41, 5.74) is -1.68. The molecule has 8 nitrogen and oxygen atoms in total. The van der Waals surface area contributed by atoms with Crippen molar-refractivity contribution in [2.24, 2.45) is 0 Å². The van der Waals surface area contributed by atoms with Gasteiger partial charge in [-0.15, -0.1) is 0 Å². The Labute approximate surface area is 222 Å². The molecular weight excluding hydrogens is 517 g/mol. The Morgan fingerprint density at radius 3 is 2.32 bits per heavy atom. The van der Waals surface area contributed by atoms with Crippen molar-refractivity contribution in [2.75, 3.05) is 18.9 Å². The highest BCUT2D eigenvalue weighted by molar-refractivity contribution is 7.89. The standard InChI is InChI=1S/C26H44FNO7SSi/c1-8-26(35-37(5,6)7,20-14-15-22(27)23(18-20)33-21-12-9-10-13-21)19-28(24(30)34-25(2,3)4)36(31,32)17-11-16-29/h14-15,18,21,29H,8-13,16-17,19H2,1-7H3. The fourth-order valence-corrected chi connectivity index (χ4v) is 7.28. The highest BCUT2D eigenvalue weighted by Crippen LogP contribution is 2.38. The molecule has 0 heterocycles. The van der Waals surface area contributed by atoms with Crippen LogP contribution in [-0.2, 0) is 24.8 Å². The third-order valence-corrected chi connectivity index (χ3v) is 8.78. The van der Waals surface area contributed by atoms with Gasteiger partial charge in [0.15, 0.2) is 19.9 Å². The zero-order valence-electron chi connectivity index (χ0n) is 23.3. The van der Waals surface area contributed by atoms with E-state index in [2.05, 4.69) is 0 Å². The van der Waals surface area contributed by atoms with Crippen molar-refractivity contribution in [2.45, 2.75) is 103 Å². The van der Waals surface area contributed by atoms with E-state index >= 15 is 0 Å². The molecule has 37 heavy (non-hydrogen) atoms. The topological polar surface area (TPSA) is 102 Å². The van der Waals surface area contributed by atoms with Crippen molar-refractivity contribution in [3.05, 3.63) is 29.6 Å². The number of sulfonamides is 1. The lowest BCUT2D eigenvalue weighted by molar-refractivity contribution is 0.00680.